The van der Waals surface area contributed by atoms with Gasteiger partial charge in [-0.05, 0) is 45.3 Å². The summed E-state index contributed by atoms with van der Waals surface area (Å²) < 4.78 is 4.55. The lowest BCUT2D eigenvalue weighted by Crippen LogP contribution is -2.17. The highest BCUT2D eigenvalue weighted by atomic mass is 35.5. The zero-order valence-corrected chi connectivity index (χ0v) is 10.1. The van der Waals surface area contributed by atoms with E-state index in [9.17, 15) is 9.59 Å². The van der Waals surface area contributed by atoms with Crippen LogP contribution >= 0.6 is 11.6 Å². The summed E-state index contributed by atoms with van der Waals surface area (Å²) >= 11 is 5.21. The van der Waals surface area contributed by atoms with E-state index in [0.717, 1.165) is 19.5 Å². The Balaban J connectivity index is 0.000000265. The number of hydrogen-bond donors (Lipinski definition) is 1. The first-order valence-corrected chi connectivity index (χ1v) is 5.26. The first-order valence-electron chi connectivity index (χ1n) is 4.88. The van der Waals surface area contributed by atoms with E-state index < -0.39 is 0 Å². The fraction of sp³-hybridized carbons (Fsp3) is 0.800. The summed E-state index contributed by atoms with van der Waals surface area (Å²) in [5.41, 5.74) is -0.318. The highest BCUT2D eigenvalue weighted by molar-refractivity contribution is 6.64. The number of nitrogens with one attached hydrogen (secondary N) is 1. The fourth-order valence-electron chi connectivity index (χ4n) is 0.993. The van der Waals surface area contributed by atoms with E-state index in [4.69, 9.17) is 11.6 Å². The lowest BCUT2D eigenvalue weighted by Gasteiger charge is -2.14. The summed E-state index contributed by atoms with van der Waals surface area (Å²) in [4.78, 5) is 20.0. The molecule has 1 aliphatic rings. The number of halogens is 1. The molecule has 0 aromatic rings. The highest BCUT2D eigenvalue weighted by Gasteiger charge is 2.19. The van der Waals surface area contributed by atoms with E-state index in [1.807, 2.05) is 20.8 Å². The Morgan fingerprint density at radius 1 is 1.53 bits per heavy atom. The van der Waals surface area contributed by atoms with E-state index in [0.29, 0.717) is 6.47 Å². The molecule has 0 bridgehead atoms. The zero-order valence-electron chi connectivity index (χ0n) is 9.38. The number of hydrogen-bond acceptors (Lipinski definition) is 4. The number of carbonyl (C=O) groups excluding carboxylic acids is 2. The molecule has 0 saturated carbocycles. The monoisotopic (exact) mass is 235 g/mol. The first kappa shape index (κ1) is 14.4. The zero-order chi connectivity index (χ0) is 11.9. The third-order valence-corrected chi connectivity index (χ3v) is 2.09. The van der Waals surface area contributed by atoms with Gasteiger partial charge < -0.3 is 10.1 Å². The molecule has 1 saturated heterocycles. The summed E-state index contributed by atoms with van der Waals surface area (Å²) in [5, 5.41) is 2.85. The van der Waals surface area contributed by atoms with Crippen molar-refractivity contribution in [2.75, 3.05) is 13.1 Å². The number of carbonyl (C=O) groups is 2. The Morgan fingerprint density at radius 2 is 2.13 bits per heavy atom. The third-order valence-electron chi connectivity index (χ3n) is 1.78. The molecular weight excluding hydrogens is 218 g/mol. The molecule has 1 heterocycles. The molecule has 1 fully saturated rings. The molecule has 0 aromatic heterocycles. The average molecular weight is 236 g/mol. The molecule has 0 aromatic carbocycles. The Kier molecular flexibility index (Phi) is 6.52. The minimum atomic E-state index is -0.318. The van der Waals surface area contributed by atoms with Crippen LogP contribution in [0.5, 0.6) is 0 Å². The molecule has 0 amide bonds. The van der Waals surface area contributed by atoms with E-state index in [1.165, 1.54) is 0 Å². The summed E-state index contributed by atoms with van der Waals surface area (Å²) in [5.74, 6) is 0.0802. The van der Waals surface area contributed by atoms with Gasteiger partial charge >= 0.3 is 0 Å². The van der Waals surface area contributed by atoms with Crippen molar-refractivity contribution in [3.8, 4) is 0 Å². The quantitative estimate of drug-likeness (QED) is 0.579. The molecule has 88 valence electrons. The molecule has 1 rings (SSSR count). The summed E-state index contributed by atoms with van der Waals surface area (Å²) in [6, 6.07) is 0. The van der Waals surface area contributed by atoms with Gasteiger partial charge in [0, 0.05) is 12.5 Å². The normalized spacial score (nSPS) is 20.1. The van der Waals surface area contributed by atoms with Crippen molar-refractivity contribution >= 4 is 23.3 Å². The van der Waals surface area contributed by atoms with Crippen LogP contribution in [0.15, 0.2) is 0 Å². The Bertz CT molecular complexity index is 207. The third kappa shape index (κ3) is 8.39. The molecule has 1 unspecified atom stereocenters. The van der Waals surface area contributed by atoms with Gasteiger partial charge in [0.25, 0.3) is 6.47 Å². The second-order valence-corrected chi connectivity index (χ2v) is 4.69. The van der Waals surface area contributed by atoms with Crippen molar-refractivity contribution in [3.05, 3.63) is 0 Å². The van der Waals surface area contributed by atoms with Crippen LogP contribution in [0.25, 0.3) is 0 Å². The smallest absolute Gasteiger partial charge is 0.293 e. The predicted octanol–water partition coefficient (Wildman–Crippen LogP) is 1.32. The van der Waals surface area contributed by atoms with Crippen molar-refractivity contribution in [3.63, 3.8) is 0 Å². The minimum Gasteiger partial charge on any atom is -0.462 e. The van der Waals surface area contributed by atoms with Crippen LogP contribution in [-0.4, -0.2) is 30.4 Å². The van der Waals surface area contributed by atoms with E-state index >= 15 is 0 Å². The lowest BCUT2D eigenvalue weighted by atomic mass is 10.1. The molecule has 0 spiro atoms. The molecule has 1 atom stereocenters. The van der Waals surface area contributed by atoms with Gasteiger partial charge in [0.2, 0.25) is 5.24 Å². The molecule has 0 aliphatic carbocycles. The predicted molar refractivity (Wildman–Crippen MR) is 58.7 cm³/mol. The molecule has 0 radical (unpaired) electrons. The van der Waals surface area contributed by atoms with E-state index in [1.54, 1.807) is 0 Å². The maximum absolute atomic E-state index is 10.4. The van der Waals surface area contributed by atoms with Gasteiger partial charge in [-0.15, -0.1) is 0 Å². The summed E-state index contributed by atoms with van der Waals surface area (Å²) in [6.07, 6.45) is 0.905. The van der Waals surface area contributed by atoms with Crippen molar-refractivity contribution in [2.24, 2.45) is 5.92 Å². The van der Waals surface area contributed by atoms with E-state index in [-0.39, 0.29) is 16.8 Å². The number of ether oxygens (including phenoxy) is 1. The van der Waals surface area contributed by atoms with Crippen molar-refractivity contribution in [1.82, 2.24) is 5.32 Å². The lowest BCUT2D eigenvalue weighted by molar-refractivity contribution is -0.138. The molecular formula is C10H18ClNO3. The van der Waals surface area contributed by atoms with Gasteiger partial charge in [0.1, 0.15) is 5.60 Å². The van der Waals surface area contributed by atoms with Gasteiger partial charge in [-0.1, -0.05) is 0 Å². The van der Waals surface area contributed by atoms with Crippen LogP contribution in [0.1, 0.15) is 27.2 Å². The van der Waals surface area contributed by atoms with Gasteiger partial charge in [-0.2, -0.15) is 0 Å². The van der Waals surface area contributed by atoms with Crippen LogP contribution < -0.4 is 5.32 Å². The van der Waals surface area contributed by atoms with E-state index in [2.05, 4.69) is 10.1 Å². The first-order chi connectivity index (χ1) is 6.87. The standard InChI is InChI=1S/C5H8ClNO.C5H10O2/c6-5(8)4-1-2-7-3-4;1-5(2,3)7-4-6/h4,7H,1-3H2;4H,1-3H3. The summed E-state index contributed by atoms with van der Waals surface area (Å²) in [6.45, 7) is 7.62. The van der Waals surface area contributed by atoms with Crippen LogP contribution in [0, 0.1) is 5.92 Å². The second kappa shape index (κ2) is 6.80. The topological polar surface area (TPSA) is 55.4 Å². The van der Waals surface area contributed by atoms with Crippen molar-refractivity contribution in [1.29, 1.82) is 0 Å². The maximum Gasteiger partial charge on any atom is 0.293 e. The van der Waals surface area contributed by atoms with Crippen LogP contribution in [-0.2, 0) is 14.3 Å². The molecule has 1 N–H and O–H groups in total. The minimum absolute atomic E-state index is 0.0802. The van der Waals surface area contributed by atoms with Gasteiger partial charge in [-0.25, -0.2) is 0 Å². The Hall–Kier alpha value is -0.610. The second-order valence-electron chi connectivity index (χ2n) is 4.32. The largest absolute Gasteiger partial charge is 0.462 e. The fourth-order valence-corrected chi connectivity index (χ4v) is 1.18. The molecule has 5 heteroatoms. The van der Waals surface area contributed by atoms with Gasteiger partial charge in [0.15, 0.2) is 0 Å². The van der Waals surface area contributed by atoms with Crippen LogP contribution in [0.2, 0.25) is 0 Å². The molecule has 1 aliphatic heterocycles. The highest BCUT2D eigenvalue weighted by Crippen LogP contribution is 2.09. The SMILES string of the molecule is CC(C)(C)OC=O.O=C(Cl)C1CCNC1. The molecule has 4 nitrogen and oxygen atoms in total. The van der Waals surface area contributed by atoms with Crippen molar-refractivity contribution in [2.45, 2.75) is 32.8 Å². The number of rotatable bonds is 2. The van der Waals surface area contributed by atoms with Crippen molar-refractivity contribution < 1.29 is 14.3 Å². The van der Waals surface area contributed by atoms with Gasteiger partial charge in [0.05, 0.1) is 0 Å². The maximum atomic E-state index is 10.4. The van der Waals surface area contributed by atoms with Gasteiger partial charge in [-0.3, -0.25) is 9.59 Å². The Morgan fingerprint density at radius 3 is 2.27 bits per heavy atom. The molecule has 15 heavy (non-hydrogen) atoms. The van der Waals surface area contributed by atoms with Crippen LogP contribution in [0.3, 0.4) is 0 Å². The Labute approximate surface area is 95.3 Å². The average Bonchev–Trinajstić information content (AvgIpc) is 2.53. The van der Waals surface area contributed by atoms with Crippen LogP contribution in [0.4, 0.5) is 0 Å². The summed E-state index contributed by atoms with van der Waals surface area (Å²) in [7, 11) is 0.